The molecule has 1 aliphatic heterocycles. The molecule has 5 nitrogen and oxygen atoms in total. The summed E-state index contributed by atoms with van der Waals surface area (Å²) in [5.74, 6) is 1.77. The highest BCUT2D eigenvalue weighted by Gasteiger charge is 2.30. The van der Waals surface area contributed by atoms with E-state index in [2.05, 4.69) is 15.0 Å². The Morgan fingerprint density at radius 2 is 2.05 bits per heavy atom. The van der Waals surface area contributed by atoms with Gasteiger partial charge in [0.15, 0.2) is 5.82 Å². The molecule has 0 bridgehead atoms. The summed E-state index contributed by atoms with van der Waals surface area (Å²) in [6.07, 6.45) is 2.28. The van der Waals surface area contributed by atoms with Gasteiger partial charge in [0.25, 0.3) is 0 Å². The Morgan fingerprint density at radius 1 is 1.23 bits per heavy atom. The van der Waals surface area contributed by atoms with Gasteiger partial charge < -0.3 is 9.26 Å². The maximum absolute atomic E-state index is 13.0. The van der Waals surface area contributed by atoms with Gasteiger partial charge in [0.2, 0.25) is 5.89 Å². The second kappa shape index (κ2) is 5.78. The van der Waals surface area contributed by atoms with E-state index in [9.17, 15) is 4.39 Å². The Bertz CT molecular complexity index is 639. The molecule has 2 heterocycles. The van der Waals surface area contributed by atoms with Crippen molar-refractivity contribution in [3.8, 4) is 0 Å². The van der Waals surface area contributed by atoms with Crippen molar-refractivity contribution in [1.29, 1.82) is 0 Å². The summed E-state index contributed by atoms with van der Waals surface area (Å²) in [5.41, 5.74) is 0.998. The van der Waals surface area contributed by atoms with E-state index in [0.29, 0.717) is 19.1 Å². The van der Waals surface area contributed by atoms with Gasteiger partial charge in [-0.3, -0.25) is 4.90 Å². The van der Waals surface area contributed by atoms with Crippen molar-refractivity contribution in [2.24, 2.45) is 0 Å². The second-order valence-electron chi connectivity index (χ2n) is 5.97. The minimum atomic E-state index is -0.226. The van der Waals surface area contributed by atoms with Gasteiger partial charge >= 0.3 is 0 Å². The molecular formula is C16H18FN3O2. The molecule has 2 fully saturated rings. The molecule has 2 aliphatic rings. The van der Waals surface area contributed by atoms with Crippen LogP contribution in [0.1, 0.15) is 42.1 Å². The van der Waals surface area contributed by atoms with Crippen LogP contribution in [0.2, 0.25) is 0 Å². The highest BCUT2D eigenvalue weighted by atomic mass is 19.1. The predicted octanol–water partition coefficient (Wildman–Crippen LogP) is 2.66. The predicted molar refractivity (Wildman–Crippen MR) is 76.6 cm³/mol. The zero-order chi connectivity index (χ0) is 14.9. The number of rotatable bonds is 4. The highest BCUT2D eigenvalue weighted by molar-refractivity contribution is 5.19. The third-order valence-electron chi connectivity index (χ3n) is 4.17. The van der Waals surface area contributed by atoms with E-state index in [1.807, 2.05) is 0 Å². The first kappa shape index (κ1) is 13.8. The molecule has 1 aliphatic carbocycles. The Hall–Kier alpha value is -1.79. The number of benzene rings is 1. The van der Waals surface area contributed by atoms with Crippen LogP contribution in [0.3, 0.4) is 0 Å². The van der Waals surface area contributed by atoms with Crippen molar-refractivity contribution in [2.75, 3.05) is 19.7 Å². The largest absolute Gasteiger partial charge is 0.371 e. The van der Waals surface area contributed by atoms with Crippen LogP contribution in [0, 0.1) is 5.82 Å². The third kappa shape index (κ3) is 3.03. The maximum atomic E-state index is 13.0. The third-order valence-corrected chi connectivity index (χ3v) is 4.17. The van der Waals surface area contributed by atoms with Gasteiger partial charge in [-0.25, -0.2) is 4.39 Å². The highest BCUT2D eigenvalue weighted by Crippen LogP contribution is 2.38. The first-order chi connectivity index (χ1) is 10.8. The van der Waals surface area contributed by atoms with Crippen LogP contribution >= 0.6 is 0 Å². The van der Waals surface area contributed by atoms with Gasteiger partial charge in [0.05, 0.1) is 19.3 Å². The number of ether oxygens (including phenoxy) is 1. The first-order valence-electron chi connectivity index (χ1n) is 7.70. The lowest BCUT2D eigenvalue weighted by Gasteiger charge is -2.32. The van der Waals surface area contributed by atoms with Gasteiger partial charge in [-0.15, -0.1) is 0 Å². The molecule has 116 valence electrons. The van der Waals surface area contributed by atoms with Crippen molar-refractivity contribution >= 4 is 0 Å². The van der Waals surface area contributed by atoms with E-state index in [-0.39, 0.29) is 11.9 Å². The molecule has 6 heteroatoms. The fraction of sp³-hybridized carbons (Fsp3) is 0.500. The smallest absolute Gasteiger partial charge is 0.229 e. The van der Waals surface area contributed by atoms with Gasteiger partial charge in [0.1, 0.15) is 5.82 Å². The summed E-state index contributed by atoms with van der Waals surface area (Å²) in [5, 5.41) is 4.06. The van der Waals surface area contributed by atoms with E-state index in [1.165, 1.54) is 12.1 Å². The molecule has 1 aromatic carbocycles. The maximum Gasteiger partial charge on any atom is 0.229 e. The summed E-state index contributed by atoms with van der Waals surface area (Å²) in [4.78, 5) is 6.71. The average Bonchev–Trinajstić information content (AvgIpc) is 3.29. The van der Waals surface area contributed by atoms with E-state index in [4.69, 9.17) is 9.26 Å². The van der Waals surface area contributed by atoms with Crippen LogP contribution in [-0.2, 0) is 11.3 Å². The molecule has 0 amide bonds. The monoisotopic (exact) mass is 303 g/mol. The van der Waals surface area contributed by atoms with Crippen molar-refractivity contribution in [3.05, 3.63) is 47.4 Å². The molecule has 4 rings (SSSR count). The van der Waals surface area contributed by atoms with Crippen LogP contribution in [0.25, 0.3) is 0 Å². The van der Waals surface area contributed by atoms with E-state index in [1.54, 1.807) is 12.1 Å². The lowest BCUT2D eigenvalue weighted by atomic mass is 10.1. The standard InChI is InChI=1S/C16H18FN3O2/c17-13-5-3-11(4-6-13)14-9-20(7-8-21-14)10-15-18-16(22-19-15)12-1-2-12/h3-6,12,14H,1-2,7-10H2/t14-/m0/s1. The summed E-state index contributed by atoms with van der Waals surface area (Å²) in [6, 6.07) is 6.50. The molecule has 1 saturated carbocycles. The van der Waals surface area contributed by atoms with E-state index >= 15 is 0 Å². The van der Waals surface area contributed by atoms with E-state index in [0.717, 1.165) is 43.2 Å². The number of hydrogen-bond acceptors (Lipinski definition) is 5. The summed E-state index contributed by atoms with van der Waals surface area (Å²) >= 11 is 0. The average molecular weight is 303 g/mol. The van der Waals surface area contributed by atoms with Crippen molar-refractivity contribution in [2.45, 2.75) is 31.4 Å². The molecule has 0 spiro atoms. The number of hydrogen-bond donors (Lipinski definition) is 0. The molecule has 2 aromatic rings. The molecule has 1 aromatic heterocycles. The minimum absolute atomic E-state index is 0.0378. The Balaban J connectivity index is 1.40. The van der Waals surface area contributed by atoms with Crippen LogP contribution in [0.5, 0.6) is 0 Å². The lowest BCUT2D eigenvalue weighted by molar-refractivity contribution is -0.0338. The molecule has 22 heavy (non-hydrogen) atoms. The van der Waals surface area contributed by atoms with E-state index < -0.39 is 0 Å². The normalized spacial score (nSPS) is 22.9. The van der Waals surface area contributed by atoms with Crippen LogP contribution < -0.4 is 0 Å². The van der Waals surface area contributed by atoms with Crippen molar-refractivity contribution < 1.29 is 13.7 Å². The van der Waals surface area contributed by atoms with Crippen LogP contribution in [0.4, 0.5) is 4.39 Å². The van der Waals surface area contributed by atoms with Crippen molar-refractivity contribution in [3.63, 3.8) is 0 Å². The lowest BCUT2D eigenvalue weighted by Crippen LogP contribution is -2.38. The topological polar surface area (TPSA) is 51.4 Å². The summed E-state index contributed by atoms with van der Waals surface area (Å²) < 4.78 is 24.1. The number of halogens is 1. The van der Waals surface area contributed by atoms with Gasteiger partial charge in [-0.1, -0.05) is 17.3 Å². The zero-order valence-corrected chi connectivity index (χ0v) is 12.2. The van der Waals surface area contributed by atoms with Gasteiger partial charge in [-0.2, -0.15) is 4.98 Å². The molecular weight excluding hydrogens is 285 g/mol. The first-order valence-corrected chi connectivity index (χ1v) is 7.70. The Kier molecular flexibility index (Phi) is 3.63. The Labute approximate surface area is 128 Å². The number of morpholine rings is 1. The van der Waals surface area contributed by atoms with Crippen LogP contribution in [0.15, 0.2) is 28.8 Å². The molecule has 0 radical (unpaired) electrons. The number of aromatic nitrogens is 2. The molecule has 1 atom stereocenters. The second-order valence-corrected chi connectivity index (χ2v) is 5.97. The summed E-state index contributed by atoms with van der Waals surface area (Å²) in [6.45, 7) is 2.90. The molecule has 1 saturated heterocycles. The summed E-state index contributed by atoms with van der Waals surface area (Å²) in [7, 11) is 0. The van der Waals surface area contributed by atoms with Gasteiger partial charge in [0, 0.05) is 19.0 Å². The van der Waals surface area contributed by atoms with Crippen LogP contribution in [-0.4, -0.2) is 34.7 Å². The minimum Gasteiger partial charge on any atom is -0.371 e. The van der Waals surface area contributed by atoms with Crippen molar-refractivity contribution in [1.82, 2.24) is 15.0 Å². The zero-order valence-electron chi connectivity index (χ0n) is 12.2. The fourth-order valence-electron chi connectivity index (χ4n) is 2.75. The quantitative estimate of drug-likeness (QED) is 0.869. The van der Waals surface area contributed by atoms with Gasteiger partial charge in [-0.05, 0) is 30.5 Å². The fourth-order valence-corrected chi connectivity index (χ4v) is 2.75. The number of nitrogens with zero attached hydrogens (tertiary/aromatic N) is 3. The Morgan fingerprint density at radius 3 is 2.82 bits per heavy atom. The SMILES string of the molecule is Fc1ccc([C@@H]2CN(Cc3noc(C4CC4)n3)CCO2)cc1. The molecule has 0 unspecified atom stereocenters. The molecule has 0 N–H and O–H groups in total.